The van der Waals surface area contributed by atoms with Crippen LogP contribution >= 0.6 is 0 Å². The first-order valence-electron chi connectivity index (χ1n) is 6.65. The summed E-state index contributed by atoms with van der Waals surface area (Å²) in [4.78, 5) is 4.55. The zero-order valence-corrected chi connectivity index (χ0v) is 10.4. The summed E-state index contributed by atoms with van der Waals surface area (Å²) in [5, 5.41) is 13.1. The van der Waals surface area contributed by atoms with Gasteiger partial charge in [-0.25, -0.2) is 4.98 Å². The van der Waals surface area contributed by atoms with Crippen LogP contribution in [0, 0.1) is 0 Å². The molecule has 0 bridgehead atoms. The fourth-order valence-corrected chi connectivity index (χ4v) is 2.67. The summed E-state index contributed by atoms with van der Waals surface area (Å²) in [6.45, 7) is 0.777. The molecule has 0 saturated heterocycles. The average molecular weight is 245 g/mol. The van der Waals surface area contributed by atoms with E-state index in [1.165, 1.54) is 0 Å². The highest BCUT2D eigenvalue weighted by Gasteiger charge is 2.19. The van der Waals surface area contributed by atoms with Crippen molar-refractivity contribution in [1.29, 1.82) is 0 Å². The number of hydrogen-bond donors (Lipinski definition) is 2. The summed E-state index contributed by atoms with van der Waals surface area (Å²) < 4.78 is 2.03. The summed E-state index contributed by atoms with van der Waals surface area (Å²) in [6, 6.07) is 6.44. The molecule has 4 nitrogen and oxygen atoms in total. The lowest BCUT2D eigenvalue weighted by Gasteiger charge is -2.26. The zero-order chi connectivity index (χ0) is 12.4. The summed E-state index contributed by atoms with van der Waals surface area (Å²) in [5.74, 6) is 0. The highest BCUT2D eigenvalue weighted by atomic mass is 16.3. The van der Waals surface area contributed by atoms with E-state index < -0.39 is 0 Å². The van der Waals surface area contributed by atoms with E-state index in [-0.39, 0.29) is 6.10 Å². The molecule has 0 amide bonds. The predicted octanol–water partition coefficient (Wildman–Crippen LogP) is 1.73. The molecule has 96 valence electrons. The van der Waals surface area contributed by atoms with Gasteiger partial charge in [0, 0.05) is 25.0 Å². The van der Waals surface area contributed by atoms with Crippen molar-refractivity contribution < 1.29 is 5.11 Å². The van der Waals surface area contributed by atoms with Crippen LogP contribution in [0.15, 0.2) is 30.6 Å². The Bertz CT molecular complexity index is 489. The SMILES string of the molecule is OC1CCCC(NCc2cn3ccccc3n2)C1. The van der Waals surface area contributed by atoms with Crippen LogP contribution < -0.4 is 5.32 Å². The van der Waals surface area contributed by atoms with Gasteiger partial charge in [0.15, 0.2) is 0 Å². The molecule has 0 radical (unpaired) electrons. The van der Waals surface area contributed by atoms with Crippen LogP contribution in [0.5, 0.6) is 0 Å². The van der Waals surface area contributed by atoms with Crippen molar-refractivity contribution in [2.75, 3.05) is 0 Å². The van der Waals surface area contributed by atoms with Crippen LogP contribution in [0.25, 0.3) is 5.65 Å². The number of fused-ring (bicyclic) bond motifs is 1. The number of aliphatic hydroxyl groups is 1. The maximum atomic E-state index is 9.63. The maximum Gasteiger partial charge on any atom is 0.137 e. The average Bonchev–Trinajstić information content (AvgIpc) is 2.79. The summed E-state index contributed by atoms with van der Waals surface area (Å²) in [5.41, 5.74) is 2.04. The Morgan fingerprint density at radius 2 is 2.33 bits per heavy atom. The van der Waals surface area contributed by atoms with E-state index in [0.717, 1.165) is 43.6 Å². The summed E-state index contributed by atoms with van der Waals surface area (Å²) >= 11 is 0. The monoisotopic (exact) mass is 245 g/mol. The van der Waals surface area contributed by atoms with Crippen LogP contribution in [-0.2, 0) is 6.54 Å². The molecule has 0 aromatic carbocycles. The Labute approximate surface area is 107 Å². The minimum Gasteiger partial charge on any atom is -0.393 e. The van der Waals surface area contributed by atoms with E-state index in [9.17, 15) is 5.11 Å². The molecule has 4 heteroatoms. The Balaban J connectivity index is 1.62. The fourth-order valence-electron chi connectivity index (χ4n) is 2.67. The number of pyridine rings is 1. The Morgan fingerprint density at radius 1 is 1.39 bits per heavy atom. The van der Waals surface area contributed by atoms with Crippen LogP contribution in [0.1, 0.15) is 31.4 Å². The molecule has 2 N–H and O–H groups in total. The standard InChI is InChI=1S/C14H19N3O/c18-13-5-3-4-11(8-13)15-9-12-10-17-7-2-1-6-14(17)16-12/h1-2,6-7,10-11,13,15,18H,3-5,8-9H2. The zero-order valence-electron chi connectivity index (χ0n) is 10.4. The van der Waals surface area contributed by atoms with Crippen LogP contribution in [0.2, 0.25) is 0 Å². The summed E-state index contributed by atoms with van der Waals surface area (Å²) in [6.07, 6.45) is 8.03. The fraction of sp³-hybridized carbons (Fsp3) is 0.500. The molecular weight excluding hydrogens is 226 g/mol. The van der Waals surface area contributed by atoms with Gasteiger partial charge in [0.1, 0.15) is 5.65 Å². The second-order valence-corrected chi connectivity index (χ2v) is 5.10. The Kier molecular flexibility index (Phi) is 3.30. The first kappa shape index (κ1) is 11.7. The number of hydrogen-bond acceptors (Lipinski definition) is 3. The van der Waals surface area contributed by atoms with Gasteiger partial charge in [-0.15, -0.1) is 0 Å². The van der Waals surface area contributed by atoms with Crippen molar-refractivity contribution in [3.8, 4) is 0 Å². The van der Waals surface area contributed by atoms with Crippen molar-refractivity contribution >= 4 is 5.65 Å². The van der Waals surface area contributed by atoms with Gasteiger partial charge >= 0.3 is 0 Å². The van der Waals surface area contributed by atoms with Crippen LogP contribution in [-0.4, -0.2) is 26.6 Å². The normalized spacial score (nSPS) is 24.5. The first-order chi connectivity index (χ1) is 8.81. The van der Waals surface area contributed by atoms with Crippen LogP contribution in [0.4, 0.5) is 0 Å². The van der Waals surface area contributed by atoms with E-state index in [1.807, 2.05) is 28.8 Å². The largest absolute Gasteiger partial charge is 0.393 e. The number of rotatable bonds is 3. The lowest BCUT2D eigenvalue weighted by Crippen LogP contribution is -2.35. The second kappa shape index (κ2) is 5.08. The van der Waals surface area contributed by atoms with Gasteiger partial charge in [-0.05, 0) is 37.8 Å². The second-order valence-electron chi connectivity index (χ2n) is 5.10. The third kappa shape index (κ3) is 2.54. The third-order valence-electron chi connectivity index (χ3n) is 3.63. The first-order valence-corrected chi connectivity index (χ1v) is 6.65. The van der Waals surface area contributed by atoms with E-state index in [4.69, 9.17) is 0 Å². The molecule has 2 atom stereocenters. The van der Waals surface area contributed by atoms with Gasteiger partial charge < -0.3 is 14.8 Å². The van der Waals surface area contributed by atoms with Gasteiger partial charge in [-0.1, -0.05) is 6.07 Å². The Morgan fingerprint density at radius 3 is 3.17 bits per heavy atom. The van der Waals surface area contributed by atoms with Crippen LogP contribution in [0.3, 0.4) is 0 Å². The van der Waals surface area contributed by atoms with Crippen molar-refractivity contribution in [3.05, 3.63) is 36.3 Å². The van der Waals surface area contributed by atoms with E-state index in [1.54, 1.807) is 0 Å². The minimum atomic E-state index is -0.127. The number of aromatic nitrogens is 2. The topological polar surface area (TPSA) is 49.6 Å². The number of nitrogens with one attached hydrogen (secondary N) is 1. The lowest BCUT2D eigenvalue weighted by atomic mass is 9.93. The molecule has 0 spiro atoms. The highest BCUT2D eigenvalue weighted by molar-refractivity contribution is 5.39. The number of nitrogens with zero attached hydrogens (tertiary/aromatic N) is 2. The number of imidazole rings is 1. The van der Waals surface area contributed by atoms with E-state index >= 15 is 0 Å². The molecule has 1 saturated carbocycles. The molecule has 1 aliphatic rings. The Hall–Kier alpha value is -1.39. The third-order valence-corrected chi connectivity index (χ3v) is 3.63. The molecule has 2 unspecified atom stereocenters. The van der Waals surface area contributed by atoms with Crippen molar-refractivity contribution in [2.45, 2.75) is 44.4 Å². The smallest absolute Gasteiger partial charge is 0.137 e. The molecule has 1 fully saturated rings. The van der Waals surface area contributed by atoms with Crippen molar-refractivity contribution in [2.24, 2.45) is 0 Å². The lowest BCUT2D eigenvalue weighted by molar-refractivity contribution is 0.111. The minimum absolute atomic E-state index is 0.127. The van der Waals surface area contributed by atoms with Crippen molar-refractivity contribution in [1.82, 2.24) is 14.7 Å². The van der Waals surface area contributed by atoms with Gasteiger partial charge in [-0.2, -0.15) is 0 Å². The van der Waals surface area contributed by atoms with Gasteiger partial charge in [0.2, 0.25) is 0 Å². The summed E-state index contributed by atoms with van der Waals surface area (Å²) in [7, 11) is 0. The number of aliphatic hydroxyl groups excluding tert-OH is 1. The van der Waals surface area contributed by atoms with Gasteiger partial charge in [0.25, 0.3) is 0 Å². The molecule has 18 heavy (non-hydrogen) atoms. The maximum absolute atomic E-state index is 9.63. The molecule has 2 heterocycles. The molecule has 3 rings (SSSR count). The van der Waals surface area contributed by atoms with E-state index in [2.05, 4.69) is 16.5 Å². The molecule has 0 aliphatic heterocycles. The molecule has 2 aromatic rings. The molecular formula is C14H19N3O. The highest BCUT2D eigenvalue weighted by Crippen LogP contribution is 2.18. The van der Waals surface area contributed by atoms with Gasteiger partial charge in [-0.3, -0.25) is 0 Å². The quantitative estimate of drug-likeness (QED) is 0.865. The molecule has 1 aliphatic carbocycles. The van der Waals surface area contributed by atoms with Crippen molar-refractivity contribution in [3.63, 3.8) is 0 Å². The van der Waals surface area contributed by atoms with E-state index in [0.29, 0.717) is 6.04 Å². The predicted molar refractivity (Wildman–Crippen MR) is 70.3 cm³/mol. The molecule has 2 aromatic heterocycles. The van der Waals surface area contributed by atoms with Gasteiger partial charge in [0.05, 0.1) is 11.8 Å².